The number of hydrogen-bond acceptors (Lipinski definition) is 6. The normalized spacial score (nSPS) is 14.2. The predicted octanol–water partition coefficient (Wildman–Crippen LogP) is 5.88. The standard InChI is InChI=1S/C27H30BrN3O3/c1-4-33-26(32)20-10-13-31(14-11-20)27-29-12-9-24(30-27)23-15-18(2)5-8-25(23)34-17-21-6-7-22(28)16-19(21)3/h5-9,12,15-16,20H,4,10-11,13-14,17H2,1-3H3. The van der Waals surface area contributed by atoms with E-state index in [-0.39, 0.29) is 11.9 Å². The number of aromatic nitrogens is 2. The number of anilines is 1. The summed E-state index contributed by atoms with van der Waals surface area (Å²) >= 11 is 3.52. The Bertz CT molecular complexity index is 1160. The highest BCUT2D eigenvalue weighted by Crippen LogP contribution is 2.32. The van der Waals surface area contributed by atoms with Crippen molar-refractivity contribution in [1.29, 1.82) is 0 Å². The lowest BCUT2D eigenvalue weighted by Gasteiger charge is -2.31. The zero-order valence-corrected chi connectivity index (χ0v) is 21.5. The highest BCUT2D eigenvalue weighted by atomic mass is 79.9. The summed E-state index contributed by atoms with van der Waals surface area (Å²) in [5, 5.41) is 0. The Morgan fingerprint density at radius 2 is 1.91 bits per heavy atom. The average molecular weight is 524 g/mol. The first-order valence-electron chi connectivity index (χ1n) is 11.7. The number of rotatable bonds is 7. The Morgan fingerprint density at radius 1 is 1.12 bits per heavy atom. The van der Waals surface area contributed by atoms with Gasteiger partial charge >= 0.3 is 5.97 Å². The van der Waals surface area contributed by atoms with Crippen LogP contribution in [0.25, 0.3) is 11.3 Å². The lowest BCUT2D eigenvalue weighted by molar-refractivity contribution is -0.148. The van der Waals surface area contributed by atoms with E-state index in [1.165, 1.54) is 5.56 Å². The van der Waals surface area contributed by atoms with Gasteiger partial charge in [0, 0.05) is 29.3 Å². The molecule has 6 nitrogen and oxygen atoms in total. The molecule has 0 saturated carbocycles. The molecule has 1 fully saturated rings. The first-order chi connectivity index (χ1) is 16.4. The quantitative estimate of drug-likeness (QED) is 0.360. The summed E-state index contributed by atoms with van der Waals surface area (Å²) in [7, 11) is 0. The molecule has 1 aliphatic heterocycles. The van der Waals surface area contributed by atoms with E-state index in [0.29, 0.717) is 19.2 Å². The van der Waals surface area contributed by atoms with Crippen LogP contribution in [0.4, 0.5) is 5.95 Å². The van der Waals surface area contributed by atoms with Crippen LogP contribution in [0.1, 0.15) is 36.5 Å². The average Bonchev–Trinajstić information content (AvgIpc) is 2.84. The van der Waals surface area contributed by atoms with Crippen LogP contribution in [0.5, 0.6) is 5.75 Å². The van der Waals surface area contributed by atoms with Crippen LogP contribution in [-0.4, -0.2) is 35.6 Å². The van der Waals surface area contributed by atoms with E-state index in [2.05, 4.69) is 63.9 Å². The Hall–Kier alpha value is -2.93. The Morgan fingerprint density at radius 3 is 2.65 bits per heavy atom. The van der Waals surface area contributed by atoms with E-state index in [1.807, 2.05) is 25.1 Å². The molecule has 0 unspecified atom stereocenters. The molecule has 0 bridgehead atoms. The minimum absolute atomic E-state index is 0.0433. The highest BCUT2D eigenvalue weighted by molar-refractivity contribution is 9.10. The second-order valence-electron chi connectivity index (χ2n) is 8.61. The number of hydrogen-bond donors (Lipinski definition) is 0. The van der Waals surface area contributed by atoms with Crippen molar-refractivity contribution in [3.05, 3.63) is 69.8 Å². The van der Waals surface area contributed by atoms with Crippen molar-refractivity contribution in [1.82, 2.24) is 9.97 Å². The summed E-state index contributed by atoms with van der Waals surface area (Å²) < 4.78 is 12.5. The largest absolute Gasteiger partial charge is 0.488 e. The second-order valence-corrected chi connectivity index (χ2v) is 9.53. The van der Waals surface area contributed by atoms with E-state index in [1.54, 1.807) is 6.20 Å². The molecule has 0 radical (unpaired) electrons. The third-order valence-corrected chi connectivity index (χ3v) is 6.63. The van der Waals surface area contributed by atoms with E-state index in [9.17, 15) is 4.79 Å². The van der Waals surface area contributed by atoms with Gasteiger partial charge in [-0.05, 0) is 75.1 Å². The maximum atomic E-state index is 12.1. The smallest absolute Gasteiger partial charge is 0.309 e. The molecule has 0 spiro atoms. The number of halogens is 1. The summed E-state index contributed by atoms with van der Waals surface area (Å²) in [5.74, 6) is 1.33. The molecule has 1 saturated heterocycles. The molecule has 3 aromatic rings. The van der Waals surface area contributed by atoms with E-state index < -0.39 is 0 Å². The van der Waals surface area contributed by atoms with Gasteiger partial charge in [-0.1, -0.05) is 33.6 Å². The number of ether oxygens (including phenoxy) is 2. The number of carbonyl (C=O) groups excluding carboxylic acids is 1. The molecule has 178 valence electrons. The van der Waals surface area contributed by atoms with Gasteiger partial charge in [-0.15, -0.1) is 0 Å². The number of nitrogens with zero attached hydrogens (tertiary/aromatic N) is 3. The molecule has 7 heteroatoms. The third-order valence-electron chi connectivity index (χ3n) is 6.14. The third kappa shape index (κ3) is 5.76. The fraction of sp³-hybridized carbons (Fsp3) is 0.370. The van der Waals surface area contributed by atoms with Crippen LogP contribution in [0.2, 0.25) is 0 Å². The molecule has 1 aromatic heterocycles. The Kier molecular flexibility index (Phi) is 7.83. The van der Waals surface area contributed by atoms with Crippen molar-refractivity contribution in [2.24, 2.45) is 5.92 Å². The van der Waals surface area contributed by atoms with Crippen molar-refractivity contribution in [3.63, 3.8) is 0 Å². The summed E-state index contributed by atoms with van der Waals surface area (Å²) in [6.07, 6.45) is 3.29. The fourth-order valence-electron chi connectivity index (χ4n) is 4.17. The monoisotopic (exact) mass is 523 g/mol. The van der Waals surface area contributed by atoms with Crippen LogP contribution in [0, 0.1) is 19.8 Å². The van der Waals surface area contributed by atoms with Gasteiger partial charge in [-0.2, -0.15) is 0 Å². The topological polar surface area (TPSA) is 64.5 Å². The SMILES string of the molecule is CCOC(=O)C1CCN(c2nccc(-c3cc(C)ccc3OCc3ccc(Br)cc3C)n2)CC1. The second kappa shape index (κ2) is 11.0. The van der Waals surface area contributed by atoms with Gasteiger partial charge in [-0.25, -0.2) is 9.97 Å². The molecule has 0 aliphatic carbocycles. The molecule has 1 aliphatic rings. The zero-order valence-electron chi connectivity index (χ0n) is 19.9. The molecular weight excluding hydrogens is 494 g/mol. The van der Waals surface area contributed by atoms with Crippen LogP contribution in [0.15, 0.2) is 53.1 Å². The molecule has 0 amide bonds. The van der Waals surface area contributed by atoms with Crippen molar-refractivity contribution in [2.75, 3.05) is 24.6 Å². The Labute approximate surface area is 209 Å². The van der Waals surface area contributed by atoms with Crippen molar-refractivity contribution >= 4 is 27.8 Å². The zero-order chi connectivity index (χ0) is 24.1. The number of piperidine rings is 1. The maximum absolute atomic E-state index is 12.1. The van der Waals surface area contributed by atoms with Crippen LogP contribution < -0.4 is 9.64 Å². The summed E-state index contributed by atoms with van der Waals surface area (Å²) in [6, 6.07) is 14.3. The van der Waals surface area contributed by atoms with Gasteiger partial charge in [-0.3, -0.25) is 4.79 Å². The minimum Gasteiger partial charge on any atom is -0.488 e. The van der Waals surface area contributed by atoms with Crippen LogP contribution in [0.3, 0.4) is 0 Å². The van der Waals surface area contributed by atoms with E-state index >= 15 is 0 Å². The van der Waals surface area contributed by atoms with Crippen molar-refractivity contribution in [3.8, 4) is 17.0 Å². The molecule has 34 heavy (non-hydrogen) atoms. The summed E-state index contributed by atoms with van der Waals surface area (Å²) in [4.78, 5) is 23.6. The molecule has 2 heterocycles. The maximum Gasteiger partial charge on any atom is 0.309 e. The van der Waals surface area contributed by atoms with Gasteiger partial charge in [0.15, 0.2) is 0 Å². The van der Waals surface area contributed by atoms with Gasteiger partial charge in [0.2, 0.25) is 5.95 Å². The number of aryl methyl sites for hydroxylation is 2. The highest BCUT2D eigenvalue weighted by Gasteiger charge is 2.27. The number of benzene rings is 2. The summed E-state index contributed by atoms with van der Waals surface area (Å²) in [6.45, 7) is 8.35. The van der Waals surface area contributed by atoms with Crippen molar-refractivity contribution < 1.29 is 14.3 Å². The van der Waals surface area contributed by atoms with Gasteiger partial charge < -0.3 is 14.4 Å². The molecular formula is C27H30BrN3O3. The Balaban J connectivity index is 1.52. The summed E-state index contributed by atoms with van der Waals surface area (Å²) in [5.41, 5.74) is 5.22. The number of carbonyl (C=O) groups is 1. The van der Waals surface area contributed by atoms with Gasteiger partial charge in [0.25, 0.3) is 0 Å². The first kappa shape index (κ1) is 24.2. The predicted molar refractivity (Wildman–Crippen MR) is 137 cm³/mol. The molecule has 4 rings (SSSR count). The fourth-order valence-corrected chi connectivity index (χ4v) is 4.65. The van der Waals surface area contributed by atoms with Crippen molar-refractivity contribution in [2.45, 2.75) is 40.2 Å². The van der Waals surface area contributed by atoms with Crippen LogP contribution >= 0.6 is 15.9 Å². The molecule has 0 N–H and O–H groups in total. The van der Waals surface area contributed by atoms with E-state index in [4.69, 9.17) is 14.5 Å². The van der Waals surface area contributed by atoms with Crippen LogP contribution in [-0.2, 0) is 16.1 Å². The molecule has 2 aromatic carbocycles. The van der Waals surface area contributed by atoms with Gasteiger partial charge in [0.05, 0.1) is 18.2 Å². The minimum atomic E-state index is -0.0978. The van der Waals surface area contributed by atoms with E-state index in [0.717, 1.165) is 58.5 Å². The lowest BCUT2D eigenvalue weighted by atomic mass is 9.97. The van der Waals surface area contributed by atoms with Gasteiger partial charge in [0.1, 0.15) is 12.4 Å². The first-order valence-corrected chi connectivity index (χ1v) is 12.5. The lowest BCUT2D eigenvalue weighted by Crippen LogP contribution is -2.37. The molecule has 0 atom stereocenters. The number of esters is 1.